The SMILES string of the molecule is CC(C)NCC(C)S(=O)(=O)N1CCCOC(C)C1. The van der Waals surface area contributed by atoms with E-state index in [9.17, 15) is 8.42 Å². The van der Waals surface area contributed by atoms with E-state index in [1.165, 1.54) is 0 Å². The third-order valence-corrected chi connectivity index (χ3v) is 5.33. The molecule has 0 saturated carbocycles. The fraction of sp³-hybridized carbons (Fsp3) is 1.00. The summed E-state index contributed by atoms with van der Waals surface area (Å²) in [5.74, 6) is 0. The Bertz CT molecular complexity index is 343. The number of sulfonamides is 1. The number of nitrogens with one attached hydrogen (secondary N) is 1. The van der Waals surface area contributed by atoms with Gasteiger partial charge in [0.1, 0.15) is 0 Å². The minimum Gasteiger partial charge on any atom is -0.377 e. The second-order valence-electron chi connectivity index (χ2n) is 5.31. The van der Waals surface area contributed by atoms with Crippen LogP contribution in [0.25, 0.3) is 0 Å². The highest BCUT2D eigenvalue weighted by atomic mass is 32.2. The summed E-state index contributed by atoms with van der Waals surface area (Å²) in [7, 11) is -3.22. The molecule has 1 aliphatic heterocycles. The van der Waals surface area contributed by atoms with Gasteiger partial charge in [0, 0.05) is 32.3 Å². The summed E-state index contributed by atoms with van der Waals surface area (Å²) in [5, 5.41) is 2.78. The first-order chi connectivity index (χ1) is 8.34. The second kappa shape index (κ2) is 6.84. The average molecular weight is 278 g/mol. The van der Waals surface area contributed by atoms with Gasteiger partial charge in [-0.3, -0.25) is 0 Å². The maximum Gasteiger partial charge on any atom is 0.218 e. The van der Waals surface area contributed by atoms with Gasteiger partial charge in [-0.25, -0.2) is 8.42 Å². The molecule has 1 rings (SSSR count). The van der Waals surface area contributed by atoms with Gasteiger partial charge >= 0.3 is 0 Å². The minimum atomic E-state index is -3.22. The number of hydrogen-bond donors (Lipinski definition) is 1. The van der Waals surface area contributed by atoms with Crippen LogP contribution in [-0.2, 0) is 14.8 Å². The number of hydrogen-bond acceptors (Lipinski definition) is 4. The highest BCUT2D eigenvalue weighted by Gasteiger charge is 2.30. The lowest BCUT2D eigenvalue weighted by Gasteiger charge is -2.26. The number of rotatable bonds is 5. The van der Waals surface area contributed by atoms with Crippen LogP contribution >= 0.6 is 0 Å². The van der Waals surface area contributed by atoms with Crippen LogP contribution in [0.4, 0.5) is 0 Å². The highest BCUT2D eigenvalue weighted by Crippen LogP contribution is 2.14. The maximum atomic E-state index is 12.4. The molecule has 0 spiro atoms. The number of nitrogens with zero attached hydrogens (tertiary/aromatic N) is 1. The van der Waals surface area contributed by atoms with Crippen LogP contribution < -0.4 is 5.32 Å². The Kier molecular flexibility index (Phi) is 6.04. The zero-order valence-electron chi connectivity index (χ0n) is 11.8. The molecule has 0 radical (unpaired) electrons. The van der Waals surface area contributed by atoms with Crippen LogP contribution in [0.15, 0.2) is 0 Å². The van der Waals surface area contributed by atoms with Gasteiger partial charge in [0.15, 0.2) is 0 Å². The lowest BCUT2D eigenvalue weighted by molar-refractivity contribution is 0.0751. The van der Waals surface area contributed by atoms with Crippen molar-refractivity contribution in [1.82, 2.24) is 9.62 Å². The highest BCUT2D eigenvalue weighted by molar-refractivity contribution is 7.89. The van der Waals surface area contributed by atoms with E-state index in [2.05, 4.69) is 5.32 Å². The number of ether oxygens (including phenoxy) is 1. The van der Waals surface area contributed by atoms with E-state index >= 15 is 0 Å². The summed E-state index contributed by atoms with van der Waals surface area (Å²) >= 11 is 0. The topological polar surface area (TPSA) is 58.6 Å². The molecule has 0 aliphatic carbocycles. The standard InChI is InChI=1S/C12H26N2O3S/c1-10(2)13-8-12(4)18(15,16)14-6-5-7-17-11(3)9-14/h10-13H,5-9H2,1-4H3. The van der Waals surface area contributed by atoms with E-state index in [-0.39, 0.29) is 6.10 Å². The van der Waals surface area contributed by atoms with E-state index in [4.69, 9.17) is 4.74 Å². The molecule has 1 fully saturated rings. The largest absolute Gasteiger partial charge is 0.377 e. The van der Waals surface area contributed by atoms with Crippen molar-refractivity contribution in [2.24, 2.45) is 0 Å². The predicted octanol–water partition coefficient (Wildman–Crippen LogP) is 0.814. The fourth-order valence-electron chi connectivity index (χ4n) is 1.95. The molecule has 0 aromatic rings. The Morgan fingerprint density at radius 1 is 1.39 bits per heavy atom. The van der Waals surface area contributed by atoms with Gasteiger partial charge in [-0.05, 0) is 20.3 Å². The minimum absolute atomic E-state index is 0.0208. The van der Waals surface area contributed by atoms with Gasteiger partial charge in [0.2, 0.25) is 10.0 Å². The molecule has 2 unspecified atom stereocenters. The van der Waals surface area contributed by atoms with Crippen LogP contribution in [0.3, 0.4) is 0 Å². The van der Waals surface area contributed by atoms with Crippen LogP contribution in [0.5, 0.6) is 0 Å². The summed E-state index contributed by atoms with van der Waals surface area (Å²) in [6, 6.07) is 0.300. The van der Waals surface area contributed by atoms with Crippen molar-refractivity contribution in [3.63, 3.8) is 0 Å². The monoisotopic (exact) mass is 278 g/mol. The third kappa shape index (κ3) is 4.50. The molecule has 5 nitrogen and oxygen atoms in total. The van der Waals surface area contributed by atoms with E-state index in [0.717, 1.165) is 6.42 Å². The average Bonchev–Trinajstić information content (AvgIpc) is 2.50. The van der Waals surface area contributed by atoms with Gasteiger partial charge in [-0.1, -0.05) is 13.8 Å². The van der Waals surface area contributed by atoms with Crippen LogP contribution in [0.2, 0.25) is 0 Å². The molecule has 108 valence electrons. The molecule has 0 bridgehead atoms. The second-order valence-corrected chi connectivity index (χ2v) is 7.66. The van der Waals surface area contributed by atoms with Crippen molar-refractivity contribution in [2.45, 2.75) is 51.5 Å². The van der Waals surface area contributed by atoms with E-state index in [0.29, 0.717) is 32.3 Å². The summed E-state index contributed by atoms with van der Waals surface area (Å²) in [6.45, 7) is 9.89. The Balaban J connectivity index is 2.65. The summed E-state index contributed by atoms with van der Waals surface area (Å²) in [4.78, 5) is 0. The van der Waals surface area contributed by atoms with Gasteiger partial charge in [-0.15, -0.1) is 0 Å². The predicted molar refractivity (Wildman–Crippen MR) is 73.1 cm³/mol. The lowest BCUT2D eigenvalue weighted by Crippen LogP contribution is -2.45. The quantitative estimate of drug-likeness (QED) is 0.808. The molecule has 1 N–H and O–H groups in total. The van der Waals surface area contributed by atoms with Gasteiger partial charge in [0.05, 0.1) is 11.4 Å². The first-order valence-corrected chi connectivity index (χ1v) is 8.18. The molecule has 1 heterocycles. The van der Waals surface area contributed by atoms with Crippen molar-refractivity contribution < 1.29 is 13.2 Å². The fourth-order valence-corrected chi connectivity index (χ4v) is 3.57. The normalized spacial score (nSPS) is 25.1. The first kappa shape index (κ1) is 15.9. The van der Waals surface area contributed by atoms with Crippen molar-refractivity contribution in [1.29, 1.82) is 0 Å². The Morgan fingerprint density at radius 3 is 2.67 bits per heavy atom. The van der Waals surface area contributed by atoms with E-state index in [1.807, 2.05) is 20.8 Å². The Labute approximate surface area is 111 Å². The van der Waals surface area contributed by atoms with Crippen molar-refractivity contribution in [2.75, 3.05) is 26.2 Å². The molecule has 0 aromatic carbocycles. The van der Waals surface area contributed by atoms with Crippen molar-refractivity contribution in [3.05, 3.63) is 0 Å². The molecule has 1 aliphatic rings. The molecule has 0 amide bonds. The van der Waals surface area contributed by atoms with E-state index < -0.39 is 15.3 Å². The van der Waals surface area contributed by atoms with Crippen molar-refractivity contribution >= 4 is 10.0 Å². The smallest absolute Gasteiger partial charge is 0.218 e. The van der Waals surface area contributed by atoms with Gasteiger partial charge in [-0.2, -0.15) is 4.31 Å². The third-order valence-electron chi connectivity index (χ3n) is 3.10. The van der Waals surface area contributed by atoms with Crippen LogP contribution in [0.1, 0.15) is 34.1 Å². The lowest BCUT2D eigenvalue weighted by atomic mass is 10.3. The molecule has 18 heavy (non-hydrogen) atoms. The molecular formula is C12H26N2O3S. The van der Waals surface area contributed by atoms with Crippen LogP contribution in [0, 0.1) is 0 Å². The first-order valence-electron chi connectivity index (χ1n) is 6.68. The summed E-state index contributed by atoms with van der Waals surface area (Å²) < 4.78 is 31.9. The molecule has 0 aromatic heterocycles. The molecular weight excluding hydrogens is 252 g/mol. The van der Waals surface area contributed by atoms with Gasteiger partial charge in [0.25, 0.3) is 0 Å². The summed E-state index contributed by atoms with van der Waals surface area (Å²) in [6.07, 6.45) is 0.751. The molecule has 6 heteroatoms. The zero-order valence-corrected chi connectivity index (χ0v) is 12.7. The maximum absolute atomic E-state index is 12.4. The molecule has 1 saturated heterocycles. The van der Waals surface area contributed by atoms with E-state index in [1.54, 1.807) is 11.2 Å². The van der Waals surface area contributed by atoms with Gasteiger partial charge < -0.3 is 10.1 Å². The van der Waals surface area contributed by atoms with Crippen molar-refractivity contribution in [3.8, 4) is 0 Å². The zero-order chi connectivity index (χ0) is 13.8. The Morgan fingerprint density at radius 2 is 2.06 bits per heavy atom. The molecule has 2 atom stereocenters. The Hall–Kier alpha value is -0.170. The summed E-state index contributed by atoms with van der Waals surface area (Å²) in [5.41, 5.74) is 0. The van der Waals surface area contributed by atoms with Crippen LogP contribution in [-0.4, -0.2) is 56.4 Å².